The van der Waals surface area contributed by atoms with Crippen molar-refractivity contribution < 1.29 is 4.79 Å². The van der Waals surface area contributed by atoms with Crippen LogP contribution in [0.15, 0.2) is 6.33 Å². The number of hydrogen-bond donors (Lipinski definition) is 3. The zero-order chi connectivity index (χ0) is 12.1. The summed E-state index contributed by atoms with van der Waals surface area (Å²) in [5.74, 6) is 0.977. The highest BCUT2D eigenvalue weighted by molar-refractivity contribution is 5.79. The predicted octanol–water partition coefficient (Wildman–Crippen LogP) is -0.0191. The topological polar surface area (TPSA) is 96.7 Å². The summed E-state index contributed by atoms with van der Waals surface area (Å²) in [5, 5.41) is 9.50. The molecule has 4 N–H and O–H groups in total. The Kier molecular flexibility index (Phi) is 4.08. The number of aryl methyl sites for hydroxylation is 1. The molecule has 1 aliphatic carbocycles. The fourth-order valence-corrected chi connectivity index (χ4v) is 2.26. The van der Waals surface area contributed by atoms with Gasteiger partial charge in [-0.15, -0.1) is 0 Å². The summed E-state index contributed by atoms with van der Waals surface area (Å²) >= 11 is 0. The highest BCUT2D eigenvalue weighted by Crippen LogP contribution is 2.23. The van der Waals surface area contributed by atoms with E-state index in [1.807, 2.05) is 0 Å². The van der Waals surface area contributed by atoms with Crippen LogP contribution in [-0.2, 0) is 11.2 Å². The fourth-order valence-electron chi connectivity index (χ4n) is 2.26. The second-order valence-corrected chi connectivity index (χ2v) is 4.53. The molecule has 0 aromatic carbocycles. The summed E-state index contributed by atoms with van der Waals surface area (Å²) in [6.07, 6.45) is 6.12. The van der Waals surface area contributed by atoms with E-state index < -0.39 is 0 Å². The Morgan fingerprint density at radius 1 is 1.59 bits per heavy atom. The quantitative estimate of drug-likeness (QED) is 0.627. The average Bonchev–Trinajstić information content (AvgIpc) is 2.95. The molecule has 2 unspecified atom stereocenters. The first-order chi connectivity index (χ1) is 8.27. The van der Waals surface area contributed by atoms with Crippen molar-refractivity contribution in [2.45, 2.75) is 38.1 Å². The monoisotopic (exact) mass is 237 g/mol. The molecule has 0 saturated heterocycles. The van der Waals surface area contributed by atoms with Gasteiger partial charge in [0, 0.05) is 19.0 Å². The lowest BCUT2D eigenvalue weighted by Gasteiger charge is -2.14. The van der Waals surface area contributed by atoms with E-state index in [9.17, 15) is 4.79 Å². The number of nitrogens with zero attached hydrogens (tertiary/aromatic N) is 2. The Hall–Kier alpha value is -1.43. The van der Waals surface area contributed by atoms with Crippen LogP contribution in [0, 0.1) is 5.92 Å². The smallest absolute Gasteiger partial charge is 0.224 e. The van der Waals surface area contributed by atoms with Crippen LogP contribution in [0.1, 0.15) is 31.5 Å². The normalized spacial score (nSPS) is 23.8. The minimum absolute atomic E-state index is 0.0141. The van der Waals surface area contributed by atoms with Gasteiger partial charge in [0.15, 0.2) is 0 Å². The molecule has 1 fully saturated rings. The van der Waals surface area contributed by atoms with E-state index >= 15 is 0 Å². The molecule has 0 aliphatic heterocycles. The first-order valence-corrected chi connectivity index (χ1v) is 6.15. The minimum atomic E-state index is 0.0141. The molecule has 2 rings (SSSR count). The van der Waals surface area contributed by atoms with E-state index in [-0.39, 0.29) is 17.9 Å². The SMILES string of the molecule is NC1CCCC1C(=O)NCCCc1ncn[nH]1. The van der Waals surface area contributed by atoms with Gasteiger partial charge in [-0.05, 0) is 19.3 Å². The van der Waals surface area contributed by atoms with E-state index in [0.29, 0.717) is 6.54 Å². The first kappa shape index (κ1) is 12.0. The molecule has 0 spiro atoms. The van der Waals surface area contributed by atoms with Crippen molar-refractivity contribution in [3.8, 4) is 0 Å². The molecule has 94 valence electrons. The zero-order valence-electron chi connectivity index (χ0n) is 9.85. The molecule has 2 atom stereocenters. The summed E-state index contributed by atoms with van der Waals surface area (Å²) in [4.78, 5) is 15.8. The van der Waals surface area contributed by atoms with Crippen LogP contribution in [0.2, 0.25) is 0 Å². The van der Waals surface area contributed by atoms with Gasteiger partial charge in [0.05, 0.1) is 5.92 Å². The Morgan fingerprint density at radius 2 is 2.47 bits per heavy atom. The van der Waals surface area contributed by atoms with Crippen molar-refractivity contribution in [3.63, 3.8) is 0 Å². The van der Waals surface area contributed by atoms with Crippen molar-refractivity contribution in [2.75, 3.05) is 6.54 Å². The molecule has 6 heteroatoms. The van der Waals surface area contributed by atoms with Crippen molar-refractivity contribution in [1.29, 1.82) is 0 Å². The van der Waals surface area contributed by atoms with Gasteiger partial charge < -0.3 is 11.1 Å². The molecule has 1 heterocycles. The molecular weight excluding hydrogens is 218 g/mol. The van der Waals surface area contributed by atoms with Crippen LogP contribution in [-0.4, -0.2) is 33.7 Å². The number of carbonyl (C=O) groups excluding carboxylic acids is 1. The van der Waals surface area contributed by atoms with Crippen LogP contribution in [0.3, 0.4) is 0 Å². The van der Waals surface area contributed by atoms with Crippen molar-refractivity contribution in [3.05, 3.63) is 12.2 Å². The molecule has 6 nitrogen and oxygen atoms in total. The molecule has 1 saturated carbocycles. The number of aromatic amines is 1. The third kappa shape index (κ3) is 3.26. The lowest BCUT2D eigenvalue weighted by atomic mass is 10.0. The highest BCUT2D eigenvalue weighted by Gasteiger charge is 2.29. The van der Waals surface area contributed by atoms with Crippen LogP contribution < -0.4 is 11.1 Å². The van der Waals surface area contributed by atoms with Crippen molar-refractivity contribution in [2.24, 2.45) is 11.7 Å². The van der Waals surface area contributed by atoms with Gasteiger partial charge in [-0.1, -0.05) is 6.42 Å². The summed E-state index contributed by atoms with van der Waals surface area (Å²) < 4.78 is 0. The number of amides is 1. The summed E-state index contributed by atoms with van der Waals surface area (Å²) in [7, 11) is 0. The molecule has 1 aliphatic rings. The Morgan fingerprint density at radius 3 is 3.12 bits per heavy atom. The number of nitrogens with one attached hydrogen (secondary N) is 2. The molecule has 1 aromatic rings. The Labute approximate surface area is 100 Å². The van der Waals surface area contributed by atoms with Gasteiger partial charge in [-0.2, -0.15) is 5.10 Å². The number of nitrogens with two attached hydrogens (primary N) is 1. The molecule has 1 amide bonds. The zero-order valence-corrected chi connectivity index (χ0v) is 9.85. The van der Waals surface area contributed by atoms with Crippen LogP contribution in [0.4, 0.5) is 0 Å². The van der Waals surface area contributed by atoms with Crippen molar-refractivity contribution in [1.82, 2.24) is 20.5 Å². The maximum atomic E-state index is 11.8. The standard InChI is InChI=1S/C11H19N5O/c12-9-4-1-3-8(9)11(17)13-6-2-5-10-14-7-15-16-10/h7-9H,1-6,12H2,(H,13,17)(H,14,15,16). The second-order valence-electron chi connectivity index (χ2n) is 4.53. The molecule has 0 bridgehead atoms. The van der Waals surface area contributed by atoms with Gasteiger partial charge in [-0.3, -0.25) is 9.89 Å². The maximum Gasteiger partial charge on any atom is 0.224 e. The summed E-state index contributed by atoms with van der Waals surface area (Å²) in [6, 6.07) is 0.0456. The third-order valence-corrected chi connectivity index (χ3v) is 3.26. The van der Waals surface area contributed by atoms with E-state index in [2.05, 4.69) is 20.5 Å². The molecule has 0 radical (unpaired) electrons. The van der Waals surface area contributed by atoms with E-state index in [1.165, 1.54) is 6.33 Å². The lowest BCUT2D eigenvalue weighted by Crippen LogP contribution is -2.39. The Bertz CT molecular complexity index is 351. The summed E-state index contributed by atoms with van der Waals surface area (Å²) in [6.45, 7) is 0.669. The maximum absolute atomic E-state index is 11.8. The molecule has 1 aromatic heterocycles. The number of carbonyl (C=O) groups is 1. The Balaban J connectivity index is 1.63. The number of H-pyrrole nitrogens is 1. The van der Waals surface area contributed by atoms with Gasteiger partial charge in [-0.25, -0.2) is 4.98 Å². The van der Waals surface area contributed by atoms with Gasteiger partial charge in [0.25, 0.3) is 0 Å². The number of aromatic nitrogens is 3. The molecule has 17 heavy (non-hydrogen) atoms. The van der Waals surface area contributed by atoms with E-state index in [1.54, 1.807) is 0 Å². The van der Waals surface area contributed by atoms with Crippen molar-refractivity contribution >= 4 is 5.91 Å². The van der Waals surface area contributed by atoms with Gasteiger partial charge in [0.1, 0.15) is 12.2 Å². The van der Waals surface area contributed by atoms with Gasteiger partial charge >= 0.3 is 0 Å². The van der Waals surface area contributed by atoms with E-state index in [0.717, 1.165) is 37.9 Å². The molecular formula is C11H19N5O. The highest BCUT2D eigenvalue weighted by atomic mass is 16.1. The van der Waals surface area contributed by atoms with Crippen LogP contribution in [0.25, 0.3) is 0 Å². The first-order valence-electron chi connectivity index (χ1n) is 6.15. The van der Waals surface area contributed by atoms with E-state index in [4.69, 9.17) is 5.73 Å². The van der Waals surface area contributed by atoms with Crippen LogP contribution in [0.5, 0.6) is 0 Å². The fraction of sp³-hybridized carbons (Fsp3) is 0.727. The largest absolute Gasteiger partial charge is 0.356 e. The summed E-state index contributed by atoms with van der Waals surface area (Å²) in [5.41, 5.74) is 5.88. The average molecular weight is 237 g/mol. The predicted molar refractivity (Wildman–Crippen MR) is 63.0 cm³/mol. The second kappa shape index (κ2) is 5.77. The van der Waals surface area contributed by atoms with Gasteiger partial charge in [0.2, 0.25) is 5.91 Å². The third-order valence-electron chi connectivity index (χ3n) is 3.26. The number of hydrogen-bond acceptors (Lipinski definition) is 4. The number of rotatable bonds is 5. The lowest BCUT2D eigenvalue weighted by molar-refractivity contribution is -0.125. The van der Waals surface area contributed by atoms with Crippen LogP contribution >= 0.6 is 0 Å². The minimum Gasteiger partial charge on any atom is -0.356 e.